The fourth-order valence-electron chi connectivity index (χ4n) is 1.12. The predicted octanol–water partition coefficient (Wildman–Crippen LogP) is 4.47. The van der Waals surface area contributed by atoms with Gasteiger partial charge in [-0.2, -0.15) is 0 Å². The molecule has 1 aromatic rings. The van der Waals surface area contributed by atoms with Gasteiger partial charge < -0.3 is 0 Å². The molecular formula is C13H15BrOS. The van der Waals surface area contributed by atoms with Crippen LogP contribution in [0, 0.1) is 0 Å². The van der Waals surface area contributed by atoms with Crippen molar-refractivity contribution in [3.63, 3.8) is 0 Å². The van der Waals surface area contributed by atoms with Gasteiger partial charge in [-0.15, -0.1) is 18.3 Å². The number of hydrogen-bond acceptors (Lipinski definition) is 2. The molecule has 0 aliphatic carbocycles. The number of hydrogen-bond donors (Lipinski definition) is 0. The molecule has 0 N–H and O–H groups in total. The number of benzene rings is 1. The molecule has 3 heteroatoms. The van der Waals surface area contributed by atoms with Gasteiger partial charge in [0.05, 0.1) is 5.75 Å². The molecule has 0 unspecified atom stereocenters. The summed E-state index contributed by atoms with van der Waals surface area (Å²) >= 11 is 4.97. The summed E-state index contributed by atoms with van der Waals surface area (Å²) in [5.74, 6) is 0.838. The third-order valence-electron chi connectivity index (χ3n) is 2.04. The van der Waals surface area contributed by atoms with E-state index in [0.717, 1.165) is 21.4 Å². The molecule has 0 aliphatic rings. The molecule has 1 rings (SSSR count). The van der Waals surface area contributed by atoms with Gasteiger partial charge >= 0.3 is 0 Å². The van der Waals surface area contributed by atoms with E-state index in [1.807, 2.05) is 31.2 Å². The van der Waals surface area contributed by atoms with E-state index in [2.05, 4.69) is 22.5 Å². The first-order chi connectivity index (χ1) is 7.58. The summed E-state index contributed by atoms with van der Waals surface area (Å²) in [6, 6.07) is 8.00. The Balaban J connectivity index is 2.31. The molecule has 16 heavy (non-hydrogen) atoms. The maximum absolute atomic E-state index is 11.5. The van der Waals surface area contributed by atoms with E-state index < -0.39 is 0 Å². The second-order valence-corrected chi connectivity index (χ2v) is 5.70. The van der Waals surface area contributed by atoms with Crippen LogP contribution in [0.1, 0.15) is 19.8 Å². The molecule has 0 saturated carbocycles. The van der Waals surface area contributed by atoms with Crippen LogP contribution in [-0.2, 0) is 4.79 Å². The highest BCUT2D eigenvalue weighted by Gasteiger charge is 2.03. The molecule has 1 nitrogen and oxygen atoms in total. The SMILES string of the molecule is C=C(C)CCC(=O)CSc1ccc(Br)cc1. The highest BCUT2D eigenvalue weighted by molar-refractivity contribution is 9.10. The Morgan fingerprint density at radius 3 is 2.50 bits per heavy atom. The van der Waals surface area contributed by atoms with Crippen LogP contribution in [0.4, 0.5) is 0 Å². The summed E-state index contributed by atoms with van der Waals surface area (Å²) in [6.45, 7) is 5.74. The zero-order valence-corrected chi connectivity index (χ0v) is 11.7. The van der Waals surface area contributed by atoms with Crippen LogP contribution < -0.4 is 0 Å². The molecule has 0 atom stereocenters. The van der Waals surface area contributed by atoms with Crippen molar-refractivity contribution in [2.75, 3.05) is 5.75 Å². The van der Waals surface area contributed by atoms with Crippen LogP contribution in [0.25, 0.3) is 0 Å². The monoisotopic (exact) mass is 298 g/mol. The maximum atomic E-state index is 11.5. The first-order valence-corrected chi connectivity index (χ1v) is 6.90. The molecule has 0 heterocycles. The minimum absolute atomic E-state index is 0.288. The van der Waals surface area contributed by atoms with Gasteiger partial charge in [0.15, 0.2) is 0 Å². The van der Waals surface area contributed by atoms with Crippen molar-refractivity contribution in [3.8, 4) is 0 Å². The first-order valence-electron chi connectivity index (χ1n) is 5.12. The van der Waals surface area contributed by atoms with Gasteiger partial charge in [0.25, 0.3) is 0 Å². The molecule has 0 fully saturated rings. The fraction of sp³-hybridized carbons (Fsp3) is 0.308. The second-order valence-electron chi connectivity index (χ2n) is 3.74. The van der Waals surface area contributed by atoms with E-state index in [1.165, 1.54) is 0 Å². The lowest BCUT2D eigenvalue weighted by molar-refractivity contribution is -0.116. The molecule has 1 aromatic carbocycles. The number of Topliss-reactive ketones (excluding diaryl/α,β-unsaturated/α-hetero) is 1. The number of halogens is 1. The first kappa shape index (κ1) is 13.5. The Kier molecular flexibility index (Phi) is 5.85. The summed E-state index contributed by atoms with van der Waals surface area (Å²) < 4.78 is 1.06. The topological polar surface area (TPSA) is 17.1 Å². The highest BCUT2D eigenvalue weighted by Crippen LogP contribution is 2.21. The van der Waals surface area contributed by atoms with Gasteiger partial charge in [0, 0.05) is 15.8 Å². The molecule has 0 aromatic heterocycles. The van der Waals surface area contributed by atoms with Gasteiger partial charge in [-0.25, -0.2) is 0 Å². The summed E-state index contributed by atoms with van der Waals surface area (Å²) in [5, 5.41) is 0. The number of rotatable bonds is 6. The third-order valence-corrected chi connectivity index (χ3v) is 3.64. The van der Waals surface area contributed by atoms with E-state index in [-0.39, 0.29) is 5.78 Å². The molecule has 0 spiro atoms. The zero-order valence-electron chi connectivity index (χ0n) is 9.33. The lowest BCUT2D eigenvalue weighted by Gasteiger charge is -2.01. The predicted molar refractivity (Wildman–Crippen MR) is 73.9 cm³/mol. The van der Waals surface area contributed by atoms with E-state index in [0.29, 0.717) is 12.2 Å². The normalized spacial score (nSPS) is 10.1. The van der Waals surface area contributed by atoms with Crippen LogP contribution >= 0.6 is 27.7 Å². The lowest BCUT2D eigenvalue weighted by Crippen LogP contribution is -2.00. The number of carbonyl (C=O) groups excluding carboxylic acids is 1. The summed E-state index contributed by atoms with van der Waals surface area (Å²) in [7, 11) is 0. The minimum atomic E-state index is 0.288. The van der Waals surface area contributed by atoms with Crippen LogP contribution in [0.2, 0.25) is 0 Å². The number of carbonyl (C=O) groups is 1. The van der Waals surface area contributed by atoms with Gasteiger partial charge in [0.2, 0.25) is 0 Å². The summed E-state index contributed by atoms with van der Waals surface area (Å²) in [4.78, 5) is 12.6. The van der Waals surface area contributed by atoms with E-state index in [9.17, 15) is 4.79 Å². The van der Waals surface area contributed by atoms with Gasteiger partial charge in [0.1, 0.15) is 5.78 Å². The highest BCUT2D eigenvalue weighted by atomic mass is 79.9. The van der Waals surface area contributed by atoms with E-state index in [1.54, 1.807) is 11.8 Å². The van der Waals surface area contributed by atoms with Crippen molar-refractivity contribution in [1.82, 2.24) is 0 Å². The van der Waals surface area contributed by atoms with Gasteiger partial charge in [-0.1, -0.05) is 21.5 Å². The van der Waals surface area contributed by atoms with Gasteiger partial charge in [-0.3, -0.25) is 4.79 Å². The molecule has 0 radical (unpaired) electrons. The number of thioether (sulfide) groups is 1. The van der Waals surface area contributed by atoms with Gasteiger partial charge in [-0.05, 0) is 37.6 Å². The Hall–Kier alpha value is -0.540. The van der Waals surface area contributed by atoms with E-state index >= 15 is 0 Å². The Morgan fingerprint density at radius 1 is 1.31 bits per heavy atom. The summed E-state index contributed by atoms with van der Waals surface area (Å²) in [6.07, 6.45) is 1.42. The standard InChI is InChI=1S/C13H15BrOS/c1-10(2)3-6-12(15)9-16-13-7-4-11(14)5-8-13/h4-5,7-8H,1,3,6,9H2,2H3. The Labute approximate surface area is 109 Å². The Bertz CT molecular complexity index is 370. The van der Waals surface area contributed by atoms with Crippen molar-refractivity contribution >= 4 is 33.5 Å². The van der Waals surface area contributed by atoms with Crippen LogP contribution in [0.15, 0.2) is 45.8 Å². The number of allylic oxidation sites excluding steroid dienone is 1. The van der Waals surface area contributed by atoms with Crippen LogP contribution in [0.3, 0.4) is 0 Å². The zero-order chi connectivity index (χ0) is 12.0. The minimum Gasteiger partial charge on any atom is -0.299 e. The quantitative estimate of drug-likeness (QED) is 0.569. The van der Waals surface area contributed by atoms with Crippen molar-refractivity contribution < 1.29 is 4.79 Å². The number of ketones is 1. The van der Waals surface area contributed by atoms with Crippen LogP contribution in [0.5, 0.6) is 0 Å². The second kappa shape index (κ2) is 6.92. The molecule has 0 saturated heterocycles. The maximum Gasteiger partial charge on any atom is 0.143 e. The molecule has 86 valence electrons. The molecule has 0 aliphatic heterocycles. The van der Waals surface area contributed by atoms with Crippen LogP contribution in [-0.4, -0.2) is 11.5 Å². The molecular weight excluding hydrogens is 284 g/mol. The fourth-order valence-corrected chi connectivity index (χ4v) is 2.18. The smallest absolute Gasteiger partial charge is 0.143 e. The lowest BCUT2D eigenvalue weighted by atomic mass is 10.1. The largest absolute Gasteiger partial charge is 0.299 e. The van der Waals surface area contributed by atoms with Crippen molar-refractivity contribution in [2.24, 2.45) is 0 Å². The van der Waals surface area contributed by atoms with E-state index in [4.69, 9.17) is 0 Å². The average molecular weight is 299 g/mol. The average Bonchev–Trinajstić information content (AvgIpc) is 2.25. The Morgan fingerprint density at radius 2 is 1.94 bits per heavy atom. The third kappa shape index (κ3) is 5.52. The van der Waals surface area contributed by atoms with Crippen molar-refractivity contribution in [1.29, 1.82) is 0 Å². The van der Waals surface area contributed by atoms with Crippen molar-refractivity contribution in [3.05, 3.63) is 40.9 Å². The summed E-state index contributed by atoms with van der Waals surface area (Å²) in [5.41, 5.74) is 1.07. The molecule has 0 amide bonds. The molecule has 0 bridgehead atoms. The van der Waals surface area contributed by atoms with Crippen molar-refractivity contribution in [2.45, 2.75) is 24.7 Å².